The summed E-state index contributed by atoms with van der Waals surface area (Å²) in [5.74, 6) is -0.0853. The summed E-state index contributed by atoms with van der Waals surface area (Å²) >= 11 is 0. The molecule has 7 nitrogen and oxygen atoms in total. The molecule has 41 heavy (non-hydrogen) atoms. The third-order valence-electron chi connectivity index (χ3n) is 7.46. The first-order valence-corrected chi connectivity index (χ1v) is 14.4. The molecule has 7 heteroatoms. The smallest absolute Gasteiger partial charge is 0.295 e. The molecule has 0 bridgehead atoms. The second kappa shape index (κ2) is 14.0. The monoisotopic (exact) mass is 556 g/mol. The van der Waals surface area contributed by atoms with Gasteiger partial charge in [-0.15, -0.1) is 0 Å². The zero-order chi connectivity index (χ0) is 29.4. The molecule has 3 aromatic carbocycles. The van der Waals surface area contributed by atoms with Crippen molar-refractivity contribution in [2.24, 2.45) is 0 Å². The highest BCUT2D eigenvalue weighted by Crippen LogP contribution is 2.40. The molecule has 1 heterocycles. The Morgan fingerprint density at radius 1 is 0.902 bits per heavy atom. The molecule has 1 saturated heterocycles. The van der Waals surface area contributed by atoms with Crippen molar-refractivity contribution >= 4 is 17.4 Å². The van der Waals surface area contributed by atoms with Crippen LogP contribution < -0.4 is 9.47 Å². The number of likely N-dealkylation sites (tertiary alicyclic amines) is 1. The van der Waals surface area contributed by atoms with Gasteiger partial charge in [-0.1, -0.05) is 63.2 Å². The zero-order valence-corrected chi connectivity index (χ0v) is 24.4. The van der Waals surface area contributed by atoms with Gasteiger partial charge in [0, 0.05) is 18.7 Å². The average Bonchev–Trinajstić information content (AvgIpc) is 3.25. The Bertz CT molecular complexity index is 1360. The van der Waals surface area contributed by atoms with E-state index in [9.17, 15) is 14.7 Å². The van der Waals surface area contributed by atoms with Gasteiger partial charge in [0.25, 0.3) is 11.7 Å². The van der Waals surface area contributed by atoms with E-state index in [-0.39, 0.29) is 11.3 Å². The number of Topliss-reactive ketones (excluding diaryl/α,β-unsaturated/α-hetero) is 1. The van der Waals surface area contributed by atoms with Crippen LogP contribution in [0.2, 0.25) is 0 Å². The molecule has 0 saturated carbocycles. The normalized spacial score (nSPS) is 16.4. The van der Waals surface area contributed by atoms with E-state index in [4.69, 9.17) is 9.47 Å². The fourth-order valence-electron chi connectivity index (χ4n) is 5.09. The molecule has 1 fully saturated rings. The largest absolute Gasteiger partial charge is 0.507 e. The fourth-order valence-corrected chi connectivity index (χ4v) is 5.09. The van der Waals surface area contributed by atoms with Crippen LogP contribution >= 0.6 is 0 Å². The summed E-state index contributed by atoms with van der Waals surface area (Å²) in [7, 11) is 0. The molecular formula is C34H40N2O5. The molecule has 1 N–H and O–H groups in total. The van der Waals surface area contributed by atoms with Crippen molar-refractivity contribution in [2.45, 2.75) is 46.8 Å². The molecule has 1 aliphatic heterocycles. The van der Waals surface area contributed by atoms with Crippen LogP contribution in [-0.4, -0.2) is 59.4 Å². The van der Waals surface area contributed by atoms with Gasteiger partial charge in [0.2, 0.25) is 0 Å². The van der Waals surface area contributed by atoms with Crippen molar-refractivity contribution in [1.82, 2.24) is 9.80 Å². The van der Waals surface area contributed by atoms with Crippen molar-refractivity contribution in [1.29, 1.82) is 0 Å². The lowest BCUT2D eigenvalue weighted by molar-refractivity contribution is -0.140. The number of benzene rings is 3. The number of nitrogens with zero attached hydrogens (tertiary/aromatic N) is 2. The number of aliphatic hydroxyl groups is 1. The summed E-state index contributed by atoms with van der Waals surface area (Å²) in [5, 5.41) is 11.5. The Balaban J connectivity index is 1.69. The number of rotatable bonds is 13. The van der Waals surface area contributed by atoms with E-state index in [1.165, 1.54) is 0 Å². The second-order valence-electron chi connectivity index (χ2n) is 10.2. The topological polar surface area (TPSA) is 79.3 Å². The highest BCUT2D eigenvalue weighted by atomic mass is 16.5. The Kier molecular flexibility index (Phi) is 10.2. The average molecular weight is 557 g/mol. The van der Waals surface area contributed by atoms with E-state index in [1.54, 1.807) is 17.0 Å². The van der Waals surface area contributed by atoms with Crippen LogP contribution in [0.5, 0.6) is 11.5 Å². The van der Waals surface area contributed by atoms with Gasteiger partial charge in [-0.3, -0.25) is 9.59 Å². The summed E-state index contributed by atoms with van der Waals surface area (Å²) in [6, 6.07) is 22.0. The predicted octanol–water partition coefficient (Wildman–Crippen LogP) is 6.13. The van der Waals surface area contributed by atoms with E-state index >= 15 is 0 Å². The standard InChI is InChI=1S/C34H40N2O5/c1-5-21-40-28-17-18-29(24(4)22-28)32(37)30-31(36(34(39)33(30)38)20-19-35(6-2)7-3)26-13-15-27(16-14-26)41-23-25-11-9-8-10-12-25/h8-18,22,31,37H,5-7,19-21,23H2,1-4H3. The second-order valence-corrected chi connectivity index (χ2v) is 10.2. The lowest BCUT2D eigenvalue weighted by Gasteiger charge is -2.28. The number of ketones is 1. The molecule has 0 spiro atoms. The van der Waals surface area contributed by atoms with Crippen molar-refractivity contribution in [3.05, 3.63) is 101 Å². The fraction of sp³-hybridized carbons (Fsp3) is 0.353. The first kappa shape index (κ1) is 29.9. The molecule has 1 atom stereocenters. The highest BCUT2D eigenvalue weighted by molar-refractivity contribution is 6.46. The number of amides is 1. The predicted molar refractivity (Wildman–Crippen MR) is 161 cm³/mol. The SMILES string of the molecule is CCCOc1ccc(C(O)=C2C(=O)C(=O)N(CCN(CC)CC)C2c2ccc(OCc3ccccc3)cc2)c(C)c1. The van der Waals surface area contributed by atoms with Crippen molar-refractivity contribution in [3.63, 3.8) is 0 Å². The Labute approximate surface area is 243 Å². The number of hydrogen-bond donors (Lipinski definition) is 1. The summed E-state index contributed by atoms with van der Waals surface area (Å²) < 4.78 is 11.7. The Morgan fingerprint density at radius 2 is 1.59 bits per heavy atom. The van der Waals surface area contributed by atoms with Gasteiger partial charge < -0.3 is 24.4 Å². The highest BCUT2D eigenvalue weighted by Gasteiger charge is 2.46. The van der Waals surface area contributed by atoms with Crippen LogP contribution in [0.15, 0.2) is 78.4 Å². The summed E-state index contributed by atoms with van der Waals surface area (Å²) in [6.07, 6.45) is 0.883. The van der Waals surface area contributed by atoms with Crippen molar-refractivity contribution in [2.75, 3.05) is 32.8 Å². The molecule has 0 aliphatic carbocycles. The van der Waals surface area contributed by atoms with E-state index in [1.807, 2.05) is 74.5 Å². The lowest BCUT2D eigenvalue weighted by Crippen LogP contribution is -2.38. The third kappa shape index (κ3) is 6.98. The minimum absolute atomic E-state index is 0.0952. The van der Waals surface area contributed by atoms with E-state index in [0.717, 1.165) is 36.2 Å². The number of carbonyl (C=O) groups excluding carboxylic acids is 2. The van der Waals surface area contributed by atoms with E-state index in [2.05, 4.69) is 18.7 Å². The van der Waals surface area contributed by atoms with E-state index in [0.29, 0.717) is 43.4 Å². The van der Waals surface area contributed by atoms with E-state index < -0.39 is 17.7 Å². The molecule has 1 unspecified atom stereocenters. The molecular weight excluding hydrogens is 516 g/mol. The summed E-state index contributed by atoms with van der Waals surface area (Å²) in [4.78, 5) is 30.6. The number of aryl methyl sites for hydroxylation is 1. The van der Waals surface area contributed by atoms with Gasteiger partial charge in [-0.25, -0.2) is 0 Å². The summed E-state index contributed by atoms with van der Waals surface area (Å²) in [5.41, 5.74) is 3.15. The van der Waals surface area contributed by atoms with Crippen molar-refractivity contribution in [3.8, 4) is 11.5 Å². The number of aliphatic hydroxyl groups excluding tert-OH is 1. The summed E-state index contributed by atoms with van der Waals surface area (Å²) in [6.45, 7) is 11.7. The Hall–Kier alpha value is -4.10. The molecule has 1 amide bonds. The van der Waals surface area contributed by atoms with Crippen molar-refractivity contribution < 1.29 is 24.2 Å². The number of hydrogen-bond acceptors (Lipinski definition) is 6. The molecule has 1 aliphatic rings. The molecule has 3 aromatic rings. The van der Waals surface area contributed by atoms with Crippen LogP contribution in [0.1, 0.15) is 55.5 Å². The maximum atomic E-state index is 13.5. The first-order valence-electron chi connectivity index (χ1n) is 14.4. The van der Waals surface area contributed by atoms with Gasteiger partial charge in [-0.2, -0.15) is 0 Å². The molecule has 0 radical (unpaired) electrons. The van der Waals surface area contributed by atoms with Gasteiger partial charge in [0.1, 0.15) is 23.9 Å². The maximum absolute atomic E-state index is 13.5. The minimum Gasteiger partial charge on any atom is -0.507 e. The van der Waals surface area contributed by atoms with Gasteiger partial charge in [-0.05, 0) is 73.5 Å². The van der Waals surface area contributed by atoms with Gasteiger partial charge in [0.05, 0.1) is 18.2 Å². The quantitative estimate of drug-likeness (QED) is 0.155. The number of ether oxygens (including phenoxy) is 2. The molecule has 216 valence electrons. The Morgan fingerprint density at radius 3 is 2.22 bits per heavy atom. The minimum atomic E-state index is -0.718. The number of carbonyl (C=O) groups is 2. The molecule has 4 rings (SSSR count). The number of likely N-dealkylation sites (N-methyl/N-ethyl adjacent to an activating group) is 1. The van der Waals surface area contributed by atoms with Crippen LogP contribution in [-0.2, 0) is 16.2 Å². The van der Waals surface area contributed by atoms with Crippen LogP contribution in [0.4, 0.5) is 0 Å². The maximum Gasteiger partial charge on any atom is 0.295 e. The van der Waals surface area contributed by atoms with Crippen LogP contribution in [0, 0.1) is 6.92 Å². The first-order chi connectivity index (χ1) is 19.9. The van der Waals surface area contributed by atoms with Crippen LogP contribution in [0.3, 0.4) is 0 Å². The molecule has 0 aromatic heterocycles. The van der Waals surface area contributed by atoms with Crippen LogP contribution in [0.25, 0.3) is 5.76 Å². The zero-order valence-electron chi connectivity index (χ0n) is 24.4. The van der Waals surface area contributed by atoms with Gasteiger partial charge in [0.15, 0.2) is 0 Å². The van der Waals surface area contributed by atoms with Gasteiger partial charge >= 0.3 is 0 Å². The third-order valence-corrected chi connectivity index (χ3v) is 7.46. The lowest BCUT2D eigenvalue weighted by atomic mass is 9.94.